The summed E-state index contributed by atoms with van der Waals surface area (Å²) in [5.41, 5.74) is 7.01. The Kier molecular flexibility index (Phi) is 10.7. The average molecular weight is 591 g/mol. The number of morpholine rings is 1. The Morgan fingerprint density at radius 1 is 1.27 bits per heavy atom. The Labute approximate surface area is 243 Å². The second kappa shape index (κ2) is 14.2. The smallest absolute Gasteiger partial charge is 0.321 e. The van der Waals surface area contributed by atoms with Gasteiger partial charge in [0.1, 0.15) is 12.5 Å². The molecule has 0 spiro atoms. The van der Waals surface area contributed by atoms with Gasteiger partial charge >= 0.3 is 6.03 Å². The van der Waals surface area contributed by atoms with Crippen LogP contribution in [0.5, 0.6) is 0 Å². The number of carbonyl (C=O) groups is 1. The molecular weight excluding hydrogens is 554 g/mol. The molecule has 222 valence electrons. The summed E-state index contributed by atoms with van der Waals surface area (Å²) in [7, 11) is 0. The highest BCUT2D eigenvalue weighted by Crippen LogP contribution is 2.33. The molecule has 0 saturated carbocycles. The van der Waals surface area contributed by atoms with Gasteiger partial charge in [-0.05, 0) is 36.1 Å². The first-order valence-corrected chi connectivity index (χ1v) is 14.1. The van der Waals surface area contributed by atoms with E-state index in [1.165, 1.54) is 18.2 Å². The second-order valence-electron chi connectivity index (χ2n) is 10.5. The van der Waals surface area contributed by atoms with Crippen LogP contribution in [0.1, 0.15) is 37.7 Å². The minimum absolute atomic E-state index is 0.133. The van der Waals surface area contributed by atoms with Gasteiger partial charge in [-0.1, -0.05) is 55.8 Å². The summed E-state index contributed by atoms with van der Waals surface area (Å²) in [4.78, 5) is 22.1. The number of alkyl halides is 1. The van der Waals surface area contributed by atoms with Crippen LogP contribution in [0, 0.1) is 11.7 Å². The minimum atomic E-state index is -0.755. The number of nitrogens with zero attached hydrogens (tertiary/aromatic N) is 5. The van der Waals surface area contributed by atoms with E-state index < -0.39 is 30.6 Å². The van der Waals surface area contributed by atoms with Crippen molar-refractivity contribution >= 4 is 17.6 Å². The Morgan fingerprint density at radius 2 is 2.02 bits per heavy atom. The minimum Gasteiger partial charge on any atom is -0.394 e. The van der Waals surface area contributed by atoms with Crippen LogP contribution in [-0.4, -0.2) is 87.4 Å². The lowest BCUT2D eigenvalue weighted by molar-refractivity contribution is -0.0196. The fourth-order valence-corrected chi connectivity index (χ4v) is 5.16. The molecule has 1 aliphatic heterocycles. The lowest BCUT2D eigenvalue weighted by Gasteiger charge is -2.42. The number of hydrogen-bond acceptors (Lipinski definition) is 6. The summed E-state index contributed by atoms with van der Waals surface area (Å²) in [6, 6.07) is 11.5. The molecule has 1 saturated heterocycles. The van der Waals surface area contributed by atoms with Crippen LogP contribution >= 0.6 is 11.6 Å². The van der Waals surface area contributed by atoms with E-state index in [0.29, 0.717) is 24.0 Å². The quantitative estimate of drug-likeness (QED) is 0.345. The molecule has 3 aromatic rings. The molecule has 4 rings (SSSR count). The zero-order valence-corrected chi connectivity index (χ0v) is 24.1. The first-order chi connectivity index (χ1) is 19.7. The van der Waals surface area contributed by atoms with Crippen LogP contribution in [-0.2, 0) is 11.3 Å². The SMILES string of the molecule is CC(C)[C@H](c1nc(-c2cc(Cl)ccc2F)nn1Cc1ccccc1)N(CC[C@H](N)CF)C(=O)N1CCOC[C@@H]1CO. The molecular formula is C29H37ClF2N6O3. The molecule has 0 aliphatic carbocycles. The molecule has 0 bridgehead atoms. The molecule has 0 unspecified atom stereocenters. The predicted octanol–water partition coefficient (Wildman–Crippen LogP) is 4.29. The number of nitrogens with two attached hydrogens (primary N) is 1. The third kappa shape index (κ3) is 7.40. The van der Waals surface area contributed by atoms with Gasteiger partial charge in [-0.2, -0.15) is 5.10 Å². The van der Waals surface area contributed by atoms with Crippen LogP contribution in [0.3, 0.4) is 0 Å². The molecule has 1 aliphatic rings. The van der Waals surface area contributed by atoms with Crippen LogP contribution in [0.25, 0.3) is 11.4 Å². The number of aromatic nitrogens is 3. The first kappa shape index (κ1) is 30.8. The summed E-state index contributed by atoms with van der Waals surface area (Å²) < 4.78 is 35.5. The topological polar surface area (TPSA) is 110 Å². The Morgan fingerprint density at radius 3 is 2.71 bits per heavy atom. The monoisotopic (exact) mass is 590 g/mol. The largest absolute Gasteiger partial charge is 0.394 e. The number of aliphatic hydroxyl groups is 1. The fourth-order valence-electron chi connectivity index (χ4n) is 4.98. The van der Waals surface area contributed by atoms with Gasteiger partial charge in [-0.25, -0.2) is 23.2 Å². The van der Waals surface area contributed by atoms with Gasteiger partial charge in [-0.15, -0.1) is 0 Å². The first-order valence-electron chi connectivity index (χ1n) is 13.7. The van der Waals surface area contributed by atoms with Crippen molar-refractivity contribution in [3.05, 3.63) is 70.8 Å². The summed E-state index contributed by atoms with van der Waals surface area (Å²) in [5.74, 6) is -0.131. The van der Waals surface area contributed by atoms with E-state index in [2.05, 4.69) is 5.10 Å². The van der Waals surface area contributed by atoms with E-state index in [4.69, 9.17) is 27.1 Å². The van der Waals surface area contributed by atoms with Gasteiger partial charge in [0.05, 0.1) is 44.0 Å². The maximum Gasteiger partial charge on any atom is 0.321 e. The van der Waals surface area contributed by atoms with Gasteiger partial charge in [-0.3, -0.25) is 0 Å². The number of hydrogen-bond donors (Lipinski definition) is 2. The Bertz CT molecular complexity index is 1290. The van der Waals surface area contributed by atoms with Crippen molar-refractivity contribution in [2.45, 2.75) is 44.9 Å². The van der Waals surface area contributed by atoms with Crippen LogP contribution in [0.2, 0.25) is 5.02 Å². The maximum absolute atomic E-state index is 14.9. The third-order valence-electron chi connectivity index (χ3n) is 7.15. The van der Waals surface area contributed by atoms with E-state index in [-0.39, 0.29) is 56.1 Å². The highest BCUT2D eigenvalue weighted by Gasteiger charge is 2.38. The van der Waals surface area contributed by atoms with Crippen LogP contribution in [0.4, 0.5) is 13.6 Å². The number of aliphatic hydroxyl groups excluding tert-OH is 1. The molecule has 3 atom stereocenters. The maximum atomic E-state index is 14.9. The van der Waals surface area contributed by atoms with Gasteiger partial charge in [0.25, 0.3) is 0 Å². The van der Waals surface area contributed by atoms with Crippen molar-refractivity contribution in [3.63, 3.8) is 0 Å². The lowest BCUT2D eigenvalue weighted by atomic mass is 10.0. The number of rotatable bonds is 11. The molecule has 2 aromatic carbocycles. The number of amides is 2. The Hall–Kier alpha value is -3.12. The van der Waals surface area contributed by atoms with E-state index in [1.807, 2.05) is 44.2 Å². The molecule has 9 nitrogen and oxygen atoms in total. The number of halogens is 3. The zero-order chi connectivity index (χ0) is 29.5. The van der Waals surface area contributed by atoms with E-state index in [1.54, 1.807) is 14.5 Å². The molecule has 12 heteroatoms. The molecule has 2 heterocycles. The predicted molar refractivity (Wildman–Crippen MR) is 153 cm³/mol. The normalized spacial score (nSPS) is 17.1. The molecule has 1 fully saturated rings. The van der Waals surface area contributed by atoms with Crippen LogP contribution < -0.4 is 5.73 Å². The van der Waals surface area contributed by atoms with Crippen LogP contribution in [0.15, 0.2) is 48.5 Å². The van der Waals surface area contributed by atoms with Gasteiger partial charge in [0.15, 0.2) is 11.6 Å². The zero-order valence-electron chi connectivity index (χ0n) is 23.3. The third-order valence-corrected chi connectivity index (χ3v) is 7.38. The highest BCUT2D eigenvalue weighted by atomic mass is 35.5. The molecule has 1 aromatic heterocycles. The lowest BCUT2D eigenvalue weighted by Crippen LogP contribution is -2.56. The van der Waals surface area contributed by atoms with Crippen molar-refractivity contribution in [2.75, 3.05) is 39.6 Å². The molecule has 41 heavy (non-hydrogen) atoms. The van der Waals surface area contributed by atoms with E-state index >= 15 is 0 Å². The summed E-state index contributed by atoms with van der Waals surface area (Å²) in [6.45, 7) is 4.18. The summed E-state index contributed by atoms with van der Waals surface area (Å²) >= 11 is 6.19. The summed E-state index contributed by atoms with van der Waals surface area (Å²) in [6.07, 6.45) is 0.211. The second-order valence-corrected chi connectivity index (χ2v) is 11.0. The molecule has 3 N–H and O–H groups in total. The Balaban J connectivity index is 1.83. The van der Waals surface area contributed by atoms with E-state index in [0.717, 1.165) is 5.56 Å². The summed E-state index contributed by atoms with van der Waals surface area (Å²) in [5, 5.41) is 15.0. The van der Waals surface area contributed by atoms with Crippen molar-refractivity contribution in [3.8, 4) is 11.4 Å². The average Bonchev–Trinajstić information content (AvgIpc) is 3.38. The van der Waals surface area contributed by atoms with Gasteiger partial charge < -0.3 is 25.4 Å². The number of ether oxygens (including phenoxy) is 1. The van der Waals surface area contributed by atoms with Gasteiger partial charge in [0.2, 0.25) is 0 Å². The van der Waals surface area contributed by atoms with E-state index in [9.17, 15) is 18.7 Å². The molecule has 0 radical (unpaired) electrons. The van der Waals surface area contributed by atoms with Crippen molar-refractivity contribution < 1.29 is 23.4 Å². The van der Waals surface area contributed by atoms with Crippen molar-refractivity contribution in [1.29, 1.82) is 0 Å². The highest BCUT2D eigenvalue weighted by molar-refractivity contribution is 6.30. The van der Waals surface area contributed by atoms with Crippen molar-refractivity contribution in [2.24, 2.45) is 11.7 Å². The number of benzene rings is 2. The van der Waals surface area contributed by atoms with Gasteiger partial charge in [0, 0.05) is 24.2 Å². The number of carbonyl (C=O) groups excluding carboxylic acids is 1. The molecule has 2 amide bonds. The van der Waals surface area contributed by atoms with Crippen molar-refractivity contribution in [1.82, 2.24) is 24.6 Å². The number of urea groups is 1. The standard InChI is InChI=1S/C29H37ClF2N6O3/c1-19(2)26(37(11-10-22(33)15-31)29(40)36-12-13-41-18-23(36)17-39)28-34-27(24-14-21(30)8-9-25(24)32)35-38(28)16-20-6-4-3-5-7-20/h3-9,14,19,22-23,26,39H,10-13,15-18,33H2,1-2H3/t22-,23-,26+/m0/s1. The fraction of sp³-hybridized carbons (Fsp3) is 0.483.